The van der Waals surface area contributed by atoms with Gasteiger partial charge in [-0.25, -0.2) is 0 Å². The largest absolute Gasteiger partial charge is 0.500 e. The van der Waals surface area contributed by atoms with Crippen LogP contribution in [0.15, 0.2) is 36.6 Å². The fourth-order valence-electron chi connectivity index (χ4n) is 3.33. The van der Waals surface area contributed by atoms with Crippen molar-refractivity contribution in [3.05, 3.63) is 36.6 Å². The minimum Gasteiger partial charge on any atom is -0.500 e. The van der Waals surface area contributed by atoms with Gasteiger partial charge in [0.2, 0.25) is 0 Å². The highest BCUT2D eigenvalue weighted by Crippen LogP contribution is 2.41. The monoisotopic (exact) mass is 233 g/mol. The molecule has 1 saturated heterocycles. The molecular weight excluding hydrogens is 214 g/mol. The SMILES string of the molecule is OCCCN1C2C=CC=CC2C2C=COCC21. The van der Waals surface area contributed by atoms with Crippen LogP contribution in [-0.4, -0.2) is 41.8 Å². The maximum absolute atomic E-state index is 9.01. The van der Waals surface area contributed by atoms with Crippen LogP contribution in [0.1, 0.15) is 6.42 Å². The second-order valence-corrected chi connectivity index (χ2v) is 4.96. The molecule has 1 fully saturated rings. The van der Waals surface area contributed by atoms with Crippen molar-refractivity contribution in [2.24, 2.45) is 11.8 Å². The lowest BCUT2D eigenvalue weighted by atomic mass is 9.84. The molecule has 0 bridgehead atoms. The van der Waals surface area contributed by atoms with E-state index in [9.17, 15) is 0 Å². The third-order valence-electron chi connectivity index (χ3n) is 4.08. The predicted octanol–water partition coefficient (Wildman–Crippen LogP) is 1.32. The minimum absolute atomic E-state index is 0.265. The van der Waals surface area contributed by atoms with Crippen molar-refractivity contribution in [1.29, 1.82) is 0 Å². The van der Waals surface area contributed by atoms with Gasteiger partial charge in [-0.05, 0) is 12.5 Å². The topological polar surface area (TPSA) is 32.7 Å². The van der Waals surface area contributed by atoms with Crippen LogP contribution in [-0.2, 0) is 4.74 Å². The predicted molar refractivity (Wildman–Crippen MR) is 66.3 cm³/mol. The fraction of sp³-hybridized carbons (Fsp3) is 0.571. The average molecular weight is 233 g/mol. The Morgan fingerprint density at radius 2 is 2.06 bits per heavy atom. The first kappa shape index (κ1) is 11.1. The number of fused-ring (bicyclic) bond motifs is 3. The Hall–Kier alpha value is -1.06. The van der Waals surface area contributed by atoms with Crippen LogP contribution in [0.25, 0.3) is 0 Å². The van der Waals surface area contributed by atoms with E-state index in [1.54, 1.807) is 0 Å². The van der Waals surface area contributed by atoms with Crippen molar-refractivity contribution in [3.8, 4) is 0 Å². The lowest BCUT2D eigenvalue weighted by Crippen LogP contribution is -2.41. The van der Waals surface area contributed by atoms with Crippen molar-refractivity contribution in [1.82, 2.24) is 4.90 Å². The smallest absolute Gasteiger partial charge is 0.103 e. The number of aliphatic hydroxyl groups excluding tert-OH is 1. The Morgan fingerprint density at radius 3 is 2.94 bits per heavy atom. The van der Waals surface area contributed by atoms with Crippen LogP contribution in [0.4, 0.5) is 0 Å². The number of hydrogen-bond acceptors (Lipinski definition) is 3. The van der Waals surface area contributed by atoms with Gasteiger partial charge in [0.15, 0.2) is 0 Å². The molecule has 0 spiro atoms. The molecule has 3 heteroatoms. The van der Waals surface area contributed by atoms with E-state index in [-0.39, 0.29) is 6.61 Å². The van der Waals surface area contributed by atoms with E-state index < -0.39 is 0 Å². The third kappa shape index (κ3) is 1.83. The zero-order chi connectivity index (χ0) is 11.7. The lowest BCUT2D eigenvalue weighted by molar-refractivity contribution is 0.0982. The Morgan fingerprint density at radius 1 is 1.18 bits per heavy atom. The Kier molecular flexibility index (Phi) is 3.04. The molecule has 17 heavy (non-hydrogen) atoms. The quantitative estimate of drug-likeness (QED) is 0.798. The van der Waals surface area contributed by atoms with Crippen LogP contribution in [0.2, 0.25) is 0 Å². The summed E-state index contributed by atoms with van der Waals surface area (Å²) in [4.78, 5) is 2.50. The zero-order valence-corrected chi connectivity index (χ0v) is 9.90. The maximum atomic E-state index is 9.01. The molecule has 0 radical (unpaired) electrons. The molecule has 4 unspecified atom stereocenters. The summed E-state index contributed by atoms with van der Waals surface area (Å²) in [6, 6.07) is 0.946. The molecule has 2 heterocycles. The van der Waals surface area contributed by atoms with Crippen molar-refractivity contribution in [3.63, 3.8) is 0 Å². The van der Waals surface area contributed by atoms with E-state index in [4.69, 9.17) is 9.84 Å². The molecule has 0 amide bonds. The van der Waals surface area contributed by atoms with E-state index in [1.807, 2.05) is 6.26 Å². The van der Waals surface area contributed by atoms with Crippen molar-refractivity contribution >= 4 is 0 Å². The molecule has 1 N–H and O–H groups in total. The number of allylic oxidation sites excluding steroid dienone is 2. The second kappa shape index (κ2) is 4.67. The molecule has 3 rings (SSSR count). The number of aliphatic hydroxyl groups is 1. The first-order chi connectivity index (χ1) is 8.42. The summed E-state index contributed by atoms with van der Waals surface area (Å²) in [5, 5.41) is 9.01. The lowest BCUT2D eigenvalue weighted by Gasteiger charge is -2.30. The van der Waals surface area contributed by atoms with Crippen LogP contribution < -0.4 is 0 Å². The van der Waals surface area contributed by atoms with E-state index in [2.05, 4.69) is 35.3 Å². The fourth-order valence-corrected chi connectivity index (χ4v) is 3.33. The first-order valence-electron chi connectivity index (χ1n) is 6.41. The molecule has 3 aliphatic rings. The summed E-state index contributed by atoms with van der Waals surface area (Å²) in [5.41, 5.74) is 0. The average Bonchev–Trinajstić information content (AvgIpc) is 2.71. The van der Waals surface area contributed by atoms with Gasteiger partial charge in [0, 0.05) is 31.0 Å². The van der Waals surface area contributed by atoms with Gasteiger partial charge in [-0.15, -0.1) is 0 Å². The van der Waals surface area contributed by atoms with Crippen LogP contribution in [0.5, 0.6) is 0 Å². The summed E-state index contributed by atoms with van der Waals surface area (Å²) in [6.45, 7) is 2.00. The van der Waals surface area contributed by atoms with Crippen LogP contribution in [0.3, 0.4) is 0 Å². The van der Waals surface area contributed by atoms with Crippen molar-refractivity contribution in [2.45, 2.75) is 18.5 Å². The van der Waals surface area contributed by atoms with Gasteiger partial charge < -0.3 is 9.84 Å². The third-order valence-corrected chi connectivity index (χ3v) is 4.08. The normalized spacial score (nSPS) is 38.9. The van der Waals surface area contributed by atoms with E-state index >= 15 is 0 Å². The summed E-state index contributed by atoms with van der Waals surface area (Å²) >= 11 is 0. The molecule has 0 aromatic carbocycles. The number of rotatable bonds is 3. The first-order valence-corrected chi connectivity index (χ1v) is 6.41. The molecule has 0 saturated carbocycles. The van der Waals surface area contributed by atoms with Gasteiger partial charge in [-0.2, -0.15) is 0 Å². The van der Waals surface area contributed by atoms with E-state index in [0.29, 0.717) is 23.9 Å². The Labute approximate surface area is 102 Å². The molecule has 0 aromatic rings. The van der Waals surface area contributed by atoms with E-state index in [0.717, 1.165) is 19.6 Å². The summed E-state index contributed by atoms with van der Waals surface area (Å²) in [6.07, 6.45) is 13.8. The number of ether oxygens (including phenoxy) is 1. The molecule has 92 valence electrons. The van der Waals surface area contributed by atoms with Crippen molar-refractivity contribution < 1.29 is 9.84 Å². The van der Waals surface area contributed by atoms with Gasteiger partial charge in [0.05, 0.1) is 12.3 Å². The summed E-state index contributed by atoms with van der Waals surface area (Å²) in [7, 11) is 0. The van der Waals surface area contributed by atoms with Crippen LogP contribution >= 0.6 is 0 Å². The molecule has 2 aliphatic heterocycles. The highest BCUT2D eigenvalue weighted by molar-refractivity contribution is 5.25. The molecule has 3 nitrogen and oxygen atoms in total. The molecule has 4 atom stereocenters. The highest BCUT2D eigenvalue weighted by Gasteiger charge is 2.46. The number of nitrogens with zero attached hydrogens (tertiary/aromatic N) is 1. The summed E-state index contributed by atoms with van der Waals surface area (Å²) < 4.78 is 5.47. The molecule has 1 aliphatic carbocycles. The van der Waals surface area contributed by atoms with Crippen molar-refractivity contribution in [2.75, 3.05) is 19.8 Å². The summed E-state index contributed by atoms with van der Waals surface area (Å²) in [5.74, 6) is 1.14. The maximum Gasteiger partial charge on any atom is 0.103 e. The van der Waals surface area contributed by atoms with Gasteiger partial charge in [0.1, 0.15) is 6.61 Å². The molecule has 0 aromatic heterocycles. The van der Waals surface area contributed by atoms with Gasteiger partial charge in [0.25, 0.3) is 0 Å². The Balaban J connectivity index is 1.84. The highest BCUT2D eigenvalue weighted by atomic mass is 16.5. The number of hydrogen-bond donors (Lipinski definition) is 1. The van der Waals surface area contributed by atoms with Gasteiger partial charge in [-0.3, -0.25) is 4.90 Å². The standard InChI is InChI=1S/C14H19NO2/c16-8-3-7-15-13-5-2-1-4-11(13)12-6-9-17-10-14(12)15/h1-2,4-6,9,11-14,16H,3,7-8,10H2. The second-order valence-electron chi connectivity index (χ2n) is 4.96. The minimum atomic E-state index is 0.265. The zero-order valence-electron chi connectivity index (χ0n) is 9.90. The number of likely N-dealkylation sites (tertiary alicyclic amines) is 1. The van der Waals surface area contributed by atoms with E-state index in [1.165, 1.54) is 0 Å². The van der Waals surface area contributed by atoms with Gasteiger partial charge in [-0.1, -0.05) is 24.3 Å². The Bertz CT molecular complexity index is 361. The molecular formula is C14H19NO2. The van der Waals surface area contributed by atoms with Gasteiger partial charge >= 0.3 is 0 Å². The van der Waals surface area contributed by atoms with Crippen LogP contribution in [0, 0.1) is 11.8 Å².